The fraction of sp³-hybridized carbons (Fsp3) is 0.417. The lowest BCUT2D eigenvalue weighted by Crippen LogP contribution is -2.19. The lowest BCUT2D eigenvalue weighted by molar-refractivity contribution is 0.385. The van der Waals surface area contributed by atoms with Crippen molar-refractivity contribution < 1.29 is 4.39 Å². The maximum Gasteiger partial charge on any atom is 0.186 e. The first-order valence-corrected chi connectivity index (χ1v) is 7.24. The zero-order valence-corrected chi connectivity index (χ0v) is 11.6. The molecule has 3 rings (SSSR count). The van der Waals surface area contributed by atoms with Crippen LogP contribution in [0.25, 0.3) is 10.2 Å². The second-order valence-electron chi connectivity index (χ2n) is 4.36. The second-order valence-corrected chi connectivity index (χ2v) is 6.29. The number of halogens is 2. The number of alkyl halides is 1. The summed E-state index contributed by atoms with van der Waals surface area (Å²) in [6, 6.07) is 6.10. The van der Waals surface area contributed by atoms with E-state index in [2.05, 4.69) is 31.9 Å². The van der Waals surface area contributed by atoms with Crippen LogP contribution in [0, 0.1) is 5.92 Å². The van der Waals surface area contributed by atoms with Crippen LogP contribution < -0.4 is 4.90 Å². The fourth-order valence-corrected chi connectivity index (χ4v) is 3.71. The predicted molar refractivity (Wildman–Crippen MR) is 73.6 cm³/mol. The van der Waals surface area contributed by atoms with E-state index in [1.54, 1.807) is 11.3 Å². The molecule has 0 N–H and O–H groups in total. The molecule has 1 saturated heterocycles. The van der Waals surface area contributed by atoms with Gasteiger partial charge in [0.25, 0.3) is 0 Å². The molecule has 1 unspecified atom stereocenters. The third-order valence-corrected chi connectivity index (χ3v) is 4.69. The quantitative estimate of drug-likeness (QED) is 0.837. The van der Waals surface area contributed by atoms with Gasteiger partial charge in [-0.05, 0) is 24.6 Å². The van der Waals surface area contributed by atoms with E-state index in [0.29, 0.717) is 0 Å². The molecule has 2 nitrogen and oxygen atoms in total. The summed E-state index contributed by atoms with van der Waals surface area (Å²) in [6.07, 6.45) is 0.941. The Morgan fingerprint density at radius 3 is 3.18 bits per heavy atom. The van der Waals surface area contributed by atoms with Crippen LogP contribution in [-0.4, -0.2) is 24.7 Å². The number of anilines is 1. The summed E-state index contributed by atoms with van der Waals surface area (Å²) in [6.45, 7) is 1.51. The van der Waals surface area contributed by atoms with Gasteiger partial charge in [-0.3, -0.25) is 4.39 Å². The van der Waals surface area contributed by atoms with Gasteiger partial charge in [-0.25, -0.2) is 4.98 Å². The minimum Gasteiger partial charge on any atom is -0.348 e. The van der Waals surface area contributed by atoms with E-state index in [4.69, 9.17) is 0 Å². The lowest BCUT2D eigenvalue weighted by atomic mass is 10.1. The molecule has 0 spiro atoms. The van der Waals surface area contributed by atoms with Crippen LogP contribution in [-0.2, 0) is 0 Å². The van der Waals surface area contributed by atoms with Crippen LogP contribution in [0.4, 0.5) is 9.52 Å². The summed E-state index contributed by atoms with van der Waals surface area (Å²) in [5, 5.41) is 1.02. The molecule has 90 valence electrons. The first-order valence-electron chi connectivity index (χ1n) is 5.63. The lowest BCUT2D eigenvalue weighted by Gasteiger charge is -2.13. The van der Waals surface area contributed by atoms with Crippen molar-refractivity contribution in [2.45, 2.75) is 6.42 Å². The normalized spacial score (nSPS) is 20.4. The van der Waals surface area contributed by atoms with E-state index in [-0.39, 0.29) is 12.6 Å². The number of benzene rings is 1. The molecule has 5 heteroatoms. The van der Waals surface area contributed by atoms with Crippen molar-refractivity contribution in [1.29, 1.82) is 0 Å². The van der Waals surface area contributed by atoms with Gasteiger partial charge in [-0.15, -0.1) is 0 Å². The molecule has 1 fully saturated rings. The Kier molecular flexibility index (Phi) is 3.04. The molecule has 0 radical (unpaired) electrons. The van der Waals surface area contributed by atoms with Crippen LogP contribution >= 0.6 is 27.3 Å². The van der Waals surface area contributed by atoms with Crippen LogP contribution in [0.5, 0.6) is 0 Å². The van der Waals surface area contributed by atoms with Crippen LogP contribution in [0.3, 0.4) is 0 Å². The van der Waals surface area contributed by atoms with E-state index >= 15 is 0 Å². The second kappa shape index (κ2) is 4.53. The molecule has 1 aliphatic rings. The van der Waals surface area contributed by atoms with Crippen molar-refractivity contribution in [3.63, 3.8) is 0 Å². The molecule has 1 aromatic carbocycles. The predicted octanol–water partition coefficient (Wildman–Crippen LogP) is 3.85. The van der Waals surface area contributed by atoms with Gasteiger partial charge in [-0.2, -0.15) is 0 Å². The average molecular weight is 315 g/mol. The highest BCUT2D eigenvalue weighted by molar-refractivity contribution is 9.10. The Balaban J connectivity index is 1.91. The van der Waals surface area contributed by atoms with Crippen molar-refractivity contribution in [3.8, 4) is 0 Å². The highest BCUT2D eigenvalue weighted by atomic mass is 79.9. The van der Waals surface area contributed by atoms with Gasteiger partial charge in [0.15, 0.2) is 5.13 Å². The van der Waals surface area contributed by atoms with E-state index < -0.39 is 0 Å². The summed E-state index contributed by atoms with van der Waals surface area (Å²) in [7, 11) is 0. The maximum atomic E-state index is 12.6. The number of hydrogen-bond acceptors (Lipinski definition) is 3. The summed E-state index contributed by atoms with van der Waals surface area (Å²) in [5.41, 5.74) is 1.02. The van der Waals surface area contributed by atoms with E-state index in [1.807, 2.05) is 12.1 Å². The highest BCUT2D eigenvalue weighted by Gasteiger charge is 2.24. The maximum absolute atomic E-state index is 12.6. The smallest absolute Gasteiger partial charge is 0.186 e. The van der Waals surface area contributed by atoms with E-state index in [1.165, 1.54) is 4.70 Å². The molecule has 2 heterocycles. The number of thiazole rings is 1. The Bertz CT molecular complexity index is 542. The first-order chi connectivity index (χ1) is 8.26. The van der Waals surface area contributed by atoms with Crippen molar-refractivity contribution in [2.24, 2.45) is 5.92 Å². The van der Waals surface area contributed by atoms with Gasteiger partial charge in [0.2, 0.25) is 0 Å². The van der Waals surface area contributed by atoms with Crippen molar-refractivity contribution >= 4 is 42.6 Å². The van der Waals surface area contributed by atoms with Gasteiger partial charge in [0.1, 0.15) is 0 Å². The van der Waals surface area contributed by atoms with Crippen LogP contribution in [0.15, 0.2) is 22.7 Å². The average Bonchev–Trinajstić information content (AvgIpc) is 2.93. The van der Waals surface area contributed by atoms with Gasteiger partial charge >= 0.3 is 0 Å². The topological polar surface area (TPSA) is 16.1 Å². The minimum absolute atomic E-state index is 0.189. The summed E-state index contributed by atoms with van der Waals surface area (Å²) in [5.74, 6) is 0.189. The number of hydrogen-bond donors (Lipinski definition) is 0. The minimum atomic E-state index is -0.215. The van der Waals surface area contributed by atoms with Crippen molar-refractivity contribution in [2.75, 3.05) is 24.7 Å². The Morgan fingerprint density at radius 2 is 2.41 bits per heavy atom. The summed E-state index contributed by atoms with van der Waals surface area (Å²) in [4.78, 5) is 6.80. The fourth-order valence-electron chi connectivity index (χ4n) is 2.15. The molecule has 0 bridgehead atoms. The molecular formula is C12H12BrFN2S. The highest BCUT2D eigenvalue weighted by Crippen LogP contribution is 2.33. The first kappa shape index (κ1) is 11.4. The molecule has 17 heavy (non-hydrogen) atoms. The SMILES string of the molecule is FCC1CCN(c2nc3ccc(Br)cc3s2)C1. The number of rotatable bonds is 2. The molecule has 1 aliphatic heterocycles. The number of aromatic nitrogens is 1. The Hall–Kier alpha value is -0.680. The van der Waals surface area contributed by atoms with Gasteiger partial charge < -0.3 is 4.90 Å². The van der Waals surface area contributed by atoms with Gasteiger partial charge in [-0.1, -0.05) is 27.3 Å². The molecular weight excluding hydrogens is 303 g/mol. The standard InChI is InChI=1S/C12H12BrFN2S/c13-9-1-2-10-11(5-9)17-12(15-10)16-4-3-8(6-14)7-16/h1-2,5,8H,3-4,6-7H2. The van der Waals surface area contributed by atoms with Crippen LogP contribution in [0.1, 0.15) is 6.42 Å². The number of fused-ring (bicyclic) bond motifs is 1. The number of nitrogens with zero attached hydrogens (tertiary/aromatic N) is 2. The Labute approximate surface area is 112 Å². The third kappa shape index (κ3) is 2.18. The third-order valence-electron chi connectivity index (χ3n) is 3.11. The molecule has 0 amide bonds. The molecule has 1 aromatic heterocycles. The van der Waals surface area contributed by atoms with Gasteiger partial charge in [0, 0.05) is 23.5 Å². The largest absolute Gasteiger partial charge is 0.348 e. The summed E-state index contributed by atoms with van der Waals surface area (Å²) >= 11 is 5.15. The van der Waals surface area contributed by atoms with Gasteiger partial charge in [0.05, 0.1) is 16.9 Å². The molecule has 1 atom stereocenters. The van der Waals surface area contributed by atoms with E-state index in [9.17, 15) is 4.39 Å². The molecule has 0 aliphatic carbocycles. The zero-order valence-electron chi connectivity index (χ0n) is 9.20. The zero-order chi connectivity index (χ0) is 11.8. The van der Waals surface area contributed by atoms with E-state index in [0.717, 1.165) is 34.6 Å². The van der Waals surface area contributed by atoms with Crippen molar-refractivity contribution in [3.05, 3.63) is 22.7 Å². The molecule has 2 aromatic rings. The van der Waals surface area contributed by atoms with Crippen LogP contribution in [0.2, 0.25) is 0 Å². The monoisotopic (exact) mass is 314 g/mol. The summed E-state index contributed by atoms with van der Waals surface area (Å²) < 4.78 is 14.8. The van der Waals surface area contributed by atoms with Crippen molar-refractivity contribution in [1.82, 2.24) is 4.98 Å². The molecule has 0 saturated carbocycles. The Morgan fingerprint density at radius 1 is 1.53 bits per heavy atom.